The highest BCUT2D eigenvalue weighted by Gasteiger charge is 2.24. The van der Waals surface area contributed by atoms with E-state index in [9.17, 15) is 13.2 Å². The first-order valence-corrected chi connectivity index (χ1v) is 7.79. The van der Waals surface area contributed by atoms with Crippen molar-refractivity contribution in [2.24, 2.45) is 0 Å². The van der Waals surface area contributed by atoms with E-state index in [1.165, 1.54) is 25.2 Å². The Labute approximate surface area is 110 Å². The molecule has 0 aliphatic carbocycles. The molecule has 1 aromatic rings. The van der Waals surface area contributed by atoms with E-state index in [-0.39, 0.29) is 0 Å². The van der Waals surface area contributed by atoms with Gasteiger partial charge in [-0.3, -0.25) is 9.52 Å². The molecule has 1 aromatic heterocycles. The fourth-order valence-corrected chi connectivity index (χ4v) is 2.84. The van der Waals surface area contributed by atoms with Gasteiger partial charge in [0.1, 0.15) is 0 Å². The summed E-state index contributed by atoms with van der Waals surface area (Å²) in [6.45, 7) is 4.68. The van der Waals surface area contributed by atoms with E-state index in [0.29, 0.717) is 4.34 Å². The molecule has 0 saturated carbocycles. The van der Waals surface area contributed by atoms with Crippen LogP contribution in [0, 0.1) is 0 Å². The third kappa shape index (κ3) is 3.69. The maximum Gasteiger partial charge on any atom is 0.241 e. The van der Waals surface area contributed by atoms with Gasteiger partial charge < -0.3 is 0 Å². The van der Waals surface area contributed by atoms with Crippen molar-refractivity contribution in [3.8, 4) is 0 Å². The van der Waals surface area contributed by atoms with Crippen LogP contribution in [0.5, 0.6) is 0 Å². The molecule has 1 amide bonds. The number of carbonyl (C=O) groups is 1. The molecule has 7 heteroatoms. The fraction of sp³-hybridized carbons (Fsp3) is 0.500. The Balaban J connectivity index is 2.79. The van der Waals surface area contributed by atoms with Gasteiger partial charge in [-0.25, -0.2) is 8.42 Å². The number of amides is 1. The van der Waals surface area contributed by atoms with Crippen LogP contribution in [0.4, 0.5) is 0 Å². The van der Waals surface area contributed by atoms with Gasteiger partial charge in [0.05, 0.1) is 15.5 Å². The van der Waals surface area contributed by atoms with E-state index in [4.69, 9.17) is 11.6 Å². The summed E-state index contributed by atoms with van der Waals surface area (Å²) >= 11 is 7.03. The molecule has 1 heterocycles. The zero-order valence-electron chi connectivity index (χ0n) is 9.73. The summed E-state index contributed by atoms with van der Waals surface area (Å²) in [5, 5.41) is -0.634. The predicted octanol–water partition coefficient (Wildman–Crippen LogP) is 2.36. The molecule has 0 fully saturated rings. The van der Waals surface area contributed by atoms with Crippen molar-refractivity contribution < 1.29 is 13.2 Å². The second-order valence-corrected chi connectivity index (χ2v) is 7.91. The van der Waals surface area contributed by atoms with E-state index < -0.39 is 27.1 Å². The summed E-state index contributed by atoms with van der Waals surface area (Å²) in [5.74, 6) is -1.06. The summed E-state index contributed by atoms with van der Waals surface area (Å²) in [5.41, 5.74) is 0. The predicted molar refractivity (Wildman–Crippen MR) is 69.9 cm³/mol. The van der Waals surface area contributed by atoms with Crippen LogP contribution < -0.4 is 4.72 Å². The second kappa shape index (κ2) is 5.37. The topological polar surface area (TPSA) is 63.2 Å². The summed E-state index contributed by atoms with van der Waals surface area (Å²) in [6, 6.07) is 3.40. The zero-order valence-corrected chi connectivity index (χ0v) is 12.1. The third-order valence-corrected chi connectivity index (χ3v) is 5.42. The van der Waals surface area contributed by atoms with Gasteiger partial charge in [0.15, 0.2) is 0 Å². The number of halogens is 1. The molecule has 1 N–H and O–H groups in total. The summed E-state index contributed by atoms with van der Waals surface area (Å²) in [7, 11) is -3.57. The van der Waals surface area contributed by atoms with Crippen LogP contribution in [-0.4, -0.2) is 19.6 Å². The lowest BCUT2D eigenvalue weighted by molar-refractivity contribution is -0.120. The smallest absolute Gasteiger partial charge is 0.241 e. The molecular weight excluding hydrogens is 282 g/mol. The fourth-order valence-electron chi connectivity index (χ4n) is 1.04. The Bertz CT molecular complexity index is 507. The SMILES string of the molecule is CC(C(=O)NS(=O)(=O)C(C)C)c1ccc(Cl)s1. The molecule has 1 unspecified atom stereocenters. The minimum Gasteiger partial charge on any atom is -0.273 e. The minimum absolute atomic E-state index is 0.527. The van der Waals surface area contributed by atoms with Gasteiger partial charge in [-0.05, 0) is 32.9 Å². The lowest BCUT2D eigenvalue weighted by Crippen LogP contribution is -2.37. The molecule has 96 valence electrons. The van der Waals surface area contributed by atoms with Crippen molar-refractivity contribution in [2.75, 3.05) is 0 Å². The number of thiophene rings is 1. The highest BCUT2D eigenvalue weighted by molar-refractivity contribution is 7.90. The van der Waals surface area contributed by atoms with E-state index in [0.717, 1.165) is 4.88 Å². The van der Waals surface area contributed by atoms with Gasteiger partial charge in [-0.2, -0.15) is 0 Å². The monoisotopic (exact) mass is 295 g/mol. The standard InChI is InChI=1S/C10H14ClNO3S2/c1-6(2)17(14,15)12-10(13)7(3)8-4-5-9(11)16-8/h4-7H,1-3H3,(H,12,13). The maximum atomic E-state index is 11.7. The first-order chi connectivity index (χ1) is 7.74. The minimum atomic E-state index is -3.57. The number of rotatable bonds is 4. The van der Waals surface area contributed by atoms with Crippen molar-refractivity contribution in [3.05, 3.63) is 21.3 Å². The second-order valence-electron chi connectivity index (χ2n) is 3.92. The van der Waals surface area contributed by atoms with Gasteiger partial charge in [-0.15, -0.1) is 11.3 Å². The third-order valence-electron chi connectivity index (χ3n) is 2.28. The van der Waals surface area contributed by atoms with Gasteiger partial charge in [0.25, 0.3) is 0 Å². The van der Waals surface area contributed by atoms with E-state index in [2.05, 4.69) is 4.72 Å². The molecule has 0 aromatic carbocycles. The normalized spacial score (nSPS) is 13.7. The largest absolute Gasteiger partial charge is 0.273 e. The van der Waals surface area contributed by atoms with Crippen molar-refractivity contribution in [2.45, 2.75) is 31.9 Å². The van der Waals surface area contributed by atoms with E-state index in [1.54, 1.807) is 19.1 Å². The number of hydrogen-bond acceptors (Lipinski definition) is 4. The van der Waals surface area contributed by atoms with Crippen molar-refractivity contribution in [1.82, 2.24) is 4.72 Å². The van der Waals surface area contributed by atoms with Gasteiger partial charge in [0, 0.05) is 4.88 Å². The van der Waals surface area contributed by atoms with Crippen molar-refractivity contribution >= 4 is 38.9 Å². The quantitative estimate of drug-likeness (QED) is 0.927. The lowest BCUT2D eigenvalue weighted by Gasteiger charge is -2.13. The Morgan fingerprint density at radius 1 is 1.35 bits per heavy atom. The molecule has 0 saturated heterocycles. The molecule has 1 rings (SSSR count). The summed E-state index contributed by atoms with van der Waals surface area (Å²) in [6.07, 6.45) is 0. The Morgan fingerprint density at radius 3 is 2.35 bits per heavy atom. The highest BCUT2D eigenvalue weighted by atomic mass is 35.5. The average Bonchev–Trinajstić information content (AvgIpc) is 2.62. The van der Waals surface area contributed by atoms with Crippen molar-refractivity contribution in [1.29, 1.82) is 0 Å². The van der Waals surface area contributed by atoms with E-state index >= 15 is 0 Å². The first-order valence-electron chi connectivity index (χ1n) is 5.04. The Morgan fingerprint density at radius 2 is 1.94 bits per heavy atom. The van der Waals surface area contributed by atoms with Crippen molar-refractivity contribution in [3.63, 3.8) is 0 Å². The first kappa shape index (κ1) is 14.5. The van der Waals surface area contributed by atoms with Gasteiger partial charge >= 0.3 is 0 Å². The van der Waals surface area contributed by atoms with Crippen LogP contribution >= 0.6 is 22.9 Å². The number of sulfonamides is 1. The zero-order chi connectivity index (χ0) is 13.2. The van der Waals surface area contributed by atoms with Crippen LogP contribution in [0.15, 0.2) is 12.1 Å². The number of carbonyl (C=O) groups excluding carboxylic acids is 1. The maximum absolute atomic E-state index is 11.7. The molecule has 17 heavy (non-hydrogen) atoms. The number of nitrogens with one attached hydrogen (secondary N) is 1. The van der Waals surface area contributed by atoms with Crippen LogP contribution in [-0.2, 0) is 14.8 Å². The molecule has 0 radical (unpaired) electrons. The Hall–Kier alpha value is -0.590. The van der Waals surface area contributed by atoms with Gasteiger partial charge in [-0.1, -0.05) is 11.6 Å². The van der Waals surface area contributed by atoms with Gasteiger partial charge in [0.2, 0.25) is 15.9 Å². The summed E-state index contributed by atoms with van der Waals surface area (Å²) < 4.78 is 25.7. The van der Waals surface area contributed by atoms with Crippen LogP contribution in [0.3, 0.4) is 0 Å². The molecule has 0 bridgehead atoms. The molecule has 1 atom stereocenters. The average molecular weight is 296 g/mol. The molecular formula is C10H14ClNO3S2. The van der Waals surface area contributed by atoms with Crippen LogP contribution in [0.25, 0.3) is 0 Å². The lowest BCUT2D eigenvalue weighted by atomic mass is 10.1. The molecule has 4 nitrogen and oxygen atoms in total. The molecule has 0 aliphatic heterocycles. The molecule has 0 aliphatic rings. The Kier molecular flexibility index (Phi) is 4.57. The highest BCUT2D eigenvalue weighted by Crippen LogP contribution is 2.28. The van der Waals surface area contributed by atoms with E-state index in [1.807, 2.05) is 0 Å². The summed E-state index contributed by atoms with van der Waals surface area (Å²) in [4.78, 5) is 12.5. The van der Waals surface area contributed by atoms with Crippen LogP contribution in [0.2, 0.25) is 4.34 Å². The molecule has 0 spiro atoms. The van der Waals surface area contributed by atoms with Crippen LogP contribution in [0.1, 0.15) is 31.6 Å². The number of hydrogen-bond donors (Lipinski definition) is 1.